The molecule has 0 radical (unpaired) electrons. The Kier molecular flexibility index (Phi) is 1.57. The van der Waals surface area contributed by atoms with Crippen LogP contribution in [0.1, 0.15) is 11.4 Å². The first-order chi connectivity index (χ1) is 4.61. The fraction of sp³-hybridized carbons (Fsp3) is 0.286. The van der Waals surface area contributed by atoms with Crippen LogP contribution < -0.4 is 0 Å². The molecule has 0 atom stereocenters. The van der Waals surface area contributed by atoms with E-state index in [1.54, 1.807) is 13.8 Å². The van der Waals surface area contributed by atoms with Gasteiger partial charge in [0, 0.05) is 6.07 Å². The van der Waals surface area contributed by atoms with Crippen molar-refractivity contribution in [2.45, 2.75) is 13.8 Å². The minimum absolute atomic E-state index is 0.0944. The number of nitrogens with zero attached hydrogens (tertiary/aromatic N) is 1. The van der Waals surface area contributed by atoms with Gasteiger partial charge in [-0.1, -0.05) is 0 Å². The predicted octanol–water partition coefficient (Wildman–Crippen LogP) is 1.54. The maximum atomic E-state index is 12.5. The SMILES string of the molecule is Cc1nc(C)c(F)cc1O. The summed E-state index contributed by atoms with van der Waals surface area (Å²) in [6.07, 6.45) is 0. The number of rotatable bonds is 0. The Morgan fingerprint density at radius 1 is 1.40 bits per heavy atom. The number of aromatic hydroxyl groups is 1. The summed E-state index contributed by atoms with van der Waals surface area (Å²) < 4.78 is 12.5. The molecule has 2 nitrogen and oxygen atoms in total. The minimum atomic E-state index is -0.469. The maximum Gasteiger partial charge on any atom is 0.148 e. The summed E-state index contributed by atoms with van der Waals surface area (Å²) in [5.41, 5.74) is 0.772. The van der Waals surface area contributed by atoms with Gasteiger partial charge in [0.25, 0.3) is 0 Å². The molecule has 1 aromatic heterocycles. The summed E-state index contributed by atoms with van der Waals surface area (Å²) in [6.45, 7) is 3.18. The van der Waals surface area contributed by atoms with Gasteiger partial charge in [-0.2, -0.15) is 0 Å². The van der Waals surface area contributed by atoms with Crippen molar-refractivity contribution in [2.24, 2.45) is 0 Å². The van der Waals surface area contributed by atoms with Crippen LogP contribution in [0.25, 0.3) is 0 Å². The second-order valence-electron chi connectivity index (χ2n) is 2.16. The van der Waals surface area contributed by atoms with Crippen LogP contribution in [0.15, 0.2) is 6.07 Å². The molecule has 1 rings (SSSR count). The average molecular weight is 141 g/mol. The number of hydrogen-bond donors (Lipinski definition) is 1. The lowest BCUT2D eigenvalue weighted by atomic mass is 10.3. The first-order valence-electron chi connectivity index (χ1n) is 2.94. The Balaban J connectivity index is 3.28. The van der Waals surface area contributed by atoms with Crippen LogP contribution in [0.5, 0.6) is 5.75 Å². The molecular weight excluding hydrogens is 133 g/mol. The lowest BCUT2D eigenvalue weighted by molar-refractivity contribution is 0.458. The summed E-state index contributed by atoms with van der Waals surface area (Å²) in [5, 5.41) is 8.92. The van der Waals surface area contributed by atoms with E-state index < -0.39 is 5.82 Å². The van der Waals surface area contributed by atoms with Crippen molar-refractivity contribution in [2.75, 3.05) is 0 Å². The zero-order valence-electron chi connectivity index (χ0n) is 5.85. The Morgan fingerprint density at radius 2 is 2.00 bits per heavy atom. The molecule has 10 heavy (non-hydrogen) atoms. The Hall–Kier alpha value is -1.12. The van der Waals surface area contributed by atoms with Gasteiger partial charge in [-0.15, -0.1) is 0 Å². The Bertz CT molecular complexity index is 210. The quantitative estimate of drug-likeness (QED) is 0.594. The van der Waals surface area contributed by atoms with Gasteiger partial charge in [0.15, 0.2) is 0 Å². The molecule has 0 unspecified atom stereocenters. The van der Waals surface area contributed by atoms with Crippen LogP contribution in [0.4, 0.5) is 4.39 Å². The summed E-state index contributed by atoms with van der Waals surface area (Å²) >= 11 is 0. The van der Waals surface area contributed by atoms with Crippen molar-refractivity contribution in [1.29, 1.82) is 0 Å². The van der Waals surface area contributed by atoms with E-state index in [1.165, 1.54) is 0 Å². The highest BCUT2D eigenvalue weighted by Crippen LogP contribution is 2.15. The minimum Gasteiger partial charge on any atom is -0.506 e. The third-order valence-corrected chi connectivity index (χ3v) is 1.32. The zero-order chi connectivity index (χ0) is 7.72. The molecule has 0 fully saturated rings. The van der Waals surface area contributed by atoms with Gasteiger partial charge in [-0.05, 0) is 13.8 Å². The number of aromatic nitrogens is 1. The predicted molar refractivity (Wildman–Crippen MR) is 35.3 cm³/mol. The largest absolute Gasteiger partial charge is 0.506 e. The molecule has 54 valence electrons. The molecule has 1 aromatic rings. The maximum absolute atomic E-state index is 12.5. The van der Waals surface area contributed by atoms with Crippen LogP contribution >= 0.6 is 0 Å². The molecule has 0 aliphatic carbocycles. The normalized spacial score (nSPS) is 9.90. The van der Waals surface area contributed by atoms with E-state index in [0.717, 1.165) is 6.07 Å². The van der Waals surface area contributed by atoms with Crippen LogP contribution in [0.3, 0.4) is 0 Å². The number of aryl methyl sites for hydroxylation is 2. The summed E-state index contributed by atoms with van der Waals surface area (Å²) in [5.74, 6) is -0.564. The zero-order valence-corrected chi connectivity index (χ0v) is 5.85. The molecule has 0 aromatic carbocycles. The van der Waals surface area contributed by atoms with Gasteiger partial charge in [-0.25, -0.2) is 4.39 Å². The highest BCUT2D eigenvalue weighted by atomic mass is 19.1. The molecule has 0 aliphatic heterocycles. The van der Waals surface area contributed by atoms with Crippen LogP contribution in [0, 0.1) is 19.7 Å². The molecule has 0 aliphatic rings. The van der Waals surface area contributed by atoms with Crippen molar-refractivity contribution in [3.8, 4) is 5.75 Å². The van der Waals surface area contributed by atoms with Gasteiger partial charge >= 0.3 is 0 Å². The smallest absolute Gasteiger partial charge is 0.148 e. The average Bonchev–Trinajstić information content (AvgIpc) is 1.84. The summed E-state index contributed by atoms with van der Waals surface area (Å²) in [4.78, 5) is 3.75. The summed E-state index contributed by atoms with van der Waals surface area (Å²) in [7, 11) is 0. The van der Waals surface area contributed by atoms with Crippen LogP contribution in [-0.4, -0.2) is 10.1 Å². The molecule has 3 heteroatoms. The van der Waals surface area contributed by atoms with Crippen molar-refractivity contribution >= 4 is 0 Å². The lowest BCUT2D eigenvalue weighted by Crippen LogP contribution is -1.90. The number of hydrogen-bond acceptors (Lipinski definition) is 2. The molecule has 0 amide bonds. The van der Waals surface area contributed by atoms with Gasteiger partial charge < -0.3 is 5.11 Å². The molecule has 0 bridgehead atoms. The summed E-state index contributed by atoms with van der Waals surface area (Å²) in [6, 6.07) is 1.07. The van der Waals surface area contributed by atoms with Crippen molar-refractivity contribution in [3.63, 3.8) is 0 Å². The molecule has 0 spiro atoms. The number of pyridine rings is 1. The van der Waals surface area contributed by atoms with E-state index in [2.05, 4.69) is 4.98 Å². The topological polar surface area (TPSA) is 33.1 Å². The fourth-order valence-corrected chi connectivity index (χ4v) is 0.691. The highest BCUT2D eigenvalue weighted by Gasteiger charge is 2.02. The van der Waals surface area contributed by atoms with Gasteiger partial charge in [0.05, 0.1) is 11.4 Å². The van der Waals surface area contributed by atoms with Crippen molar-refractivity contribution < 1.29 is 9.50 Å². The van der Waals surface area contributed by atoms with Gasteiger partial charge in [0.1, 0.15) is 11.6 Å². The fourth-order valence-electron chi connectivity index (χ4n) is 0.691. The second-order valence-corrected chi connectivity index (χ2v) is 2.16. The Morgan fingerprint density at radius 3 is 2.50 bits per heavy atom. The second kappa shape index (κ2) is 2.25. The monoisotopic (exact) mass is 141 g/mol. The molecule has 1 heterocycles. The molecule has 1 N–H and O–H groups in total. The molecule has 0 saturated carbocycles. The first kappa shape index (κ1) is 6.99. The van der Waals surface area contributed by atoms with E-state index in [0.29, 0.717) is 11.4 Å². The van der Waals surface area contributed by atoms with Gasteiger partial charge in [0.2, 0.25) is 0 Å². The third kappa shape index (κ3) is 1.07. The number of halogens is 1. The van der Waals surface area contributed by atoms with Crippen LogP contribution in [0.2, 0.25) is 0 Å². The molecular formula is C7H8FNO. The van der Waals surface area contributed by atoms with Crippen LogP contribution in [-0.2, 0) is 0 Å². The standard InChI is InChI=1S/C7H8FNO/c1-4-6(8)3-7(10)5(2)9-4/h3,10H,1-2H3. The van der Waals surface area contributed by atoms with Gasteiger partial charge in [-0.3, -0.25) is 4.98 Å². The van der Waals surface area contributed by atoms with E-state index in [1.807, 2.05) is 0 Å². The first-order valence-corrected chi connectivity index (χ1v) is 2.94. The van der Waals surface area contributed by atoms with Crippen molar-refractivity contribution in [3.05, 3.63) is 23.3 Å². The Labute approximate surface area is 58.3 Å². The van der Waals surface area contributed by atoms with Crippen molar-refractivity contribution in [1.82, 2.24) is 4.98 Å². The van der Waals surface area contributed by atoms with E-state index in [4.69, 9.17) is 5.11 Å². The third-order valence-electron chi connectivity index (χ3n) is 1.32. The lowest BCUT2D eigenvalue weighted by Gasteiger charge is -1.99. The molecule has 0 saturated heterocycles. The van der Waals surface area contributed by atoms with E-state index >= 15 is 0 Å². The van der Waals surface area contributed by atoms with E-state index in [-0.39, 0.29) is 5.75 Å². The van der Waals surface area contributed by atoms with E-state index in [9.17, 15) is 4.39 Å². The highest BCUT2D eigenvalue weighted by molar-refractivity contribution is 5.27.